The Hall–Kier alpha value is -5.11. The molecule has 0 fully saturated rings. The van der Waals surface area contributed by atoms with Crippen molar-refractivity contribution in [1.82, 2.24) is 16.0 Å². The first-order valence-corrected chi connectivity index (χ1v) is 14.8. The molecule has 0 spiro atoms. The fraction of sp³-hybridized carbons (Fsp3) is 0.303. The summed E-state index contributed by atoms with van der Waals surface area (Å²) in [4.78, 5) is 63.8. The first kappa shape index (κ1) is 37.3. The monoisotopic (exact) mass is 691 g/mol. The second-order valence-corrected chi connectivity index (χ2v) is 11.3. The third-order valence-corrected chi connectivity index (χ3v) is 7.17. The molecule has 3 aromatic rings. The summed E-state index contributed by atoms with van der Waals surface area (Å²) in [5.41, 5.74) is 0.659. The Bertz CT molecular complexity index is 1630. The van der Waals surface area contributed by atoms with Crippen LogP contribution in [0.15, 0.2) is 72.8 Å². The third-order valence-electron chi connectivity index (χ3n) is 6.93. The van der Waals surface area contributed by atoms with Gasteiger partial charge >= 0.3 is 12.1 Å². The van der Waals surface area contributed by atoms with E-state index in [9.17, 15) is 37.1 Å². The Morgan fingerprint density at radius 1 is 0.854 bits per heavy atom. The number of halogens is 4. The number of ether oxygens (including phenoxy) is 2. The van der Waals surface area contributed by atoms with Crippen LogP contribution in [-0.2, 0) is 25.6 Å². The predicted molar refractivity (Wildman–Crippen MR) is 168 cm³/mol. The number of hydrogen-bond acceptors (Lipinski definition) is 7. The van der Waals surface area contributed by atoms with Crippen LogP contribution >= 0.6 is 11.6 Å². The number of benzene rings is 3. The molecular formula is C33H33ClF3N3O8. The smallest absolute Gasteiger partial charge is 0.452 e. The van der Waals surface area contributed by atoms with Crippen molar-refractivity contribution in [1.29, 1.82) is 0 Å². The molecule has 3 aromatic carbocycles. The molecule has 0 saturated carbocycles. The highest BCUT2D eigenvalue weighted by molar-refractivity contribution is 6.31. The van der Waals surface area contributed by atoms with Crippen LogP contribution in [0.25, 0.3) is 0 Å². The number of alkyl halides is 3. The second-order valence-electron chi connectivity index (χ2n) is 10.9. The Labute approximate surface area is 278 Å². The predicted octanol–water partition coefficient (Wildman–Crippen LogP) is 4.28. The lowest BCUT2D eigenvalue weighted by Gasteiger charge is -2.27. The zero-order valence-corrected chi connectivity index (χ0v) is 26.7. The molecule has 3 unspecified atom stereocenters. The van der Waals surface area contributed by atoms with E-state index < -0.39 is 66.3 Å². The molecule has 0 aromatic heterocycles. The molecule has 0 aliphatic carbocycles. The Balaban J connectivity index is 1.99. The summed E-state index contributed by atoms with van der Waals surface area (Å²) in [6.45, 7) is 2.02. The zero-order chi connectivity index (χ0) is 35.6. The summed E-state index contributed by atoms with van der Waals surface area (Å²) in [6.07, 6.45) is -5.43. The lowest BCUT2D eigenvalue weighted by atomic mass is 9.97. The SMILES string of the molecule is COc1ccc(C(NC(=O)C(Cc2cccc(OCC(=O)O)c2)NC(=O)c2cccc(Cl)c2)C(=O)NC(C(=O)C(F)(F)F)C(C)C)cc1. The van der Waals surface area contributed by atoms with Gasteiger partial charge in [-0.3, -0.25) is 19.2 Å². The summed E-state index contributed by atoms with van der Waals surface area (Å²) in [5.74, 6) is -6.54. The molecule has 3 amide bonds. The van der Waals surface area contributed by atoms with Gasteiger partial charge in [-0.15, -0.1) is 0 Å². The summed E-state index contributed by atoms with van der Waals surface area (Å²) in [7, 11) is 1.39. The van der Waals surface area contributed by atoms with E-state index >= 15 is 0 Å². The van der Waals surface area contributed by atoms with Crippen molar-refractivity contribution in [3.63, 3.8) is 0 Å². The van der Waals surface area contributed by atoms with E-state index in [1.165, 1.54) is 87.7 Å². The van der Waals surface area contributed by atoms with E-state index in [-0.39, 0.29) is 28.3 Å². The van der Waals surface area contributed by atoms with Gasteiger partial charge in [-0.25, -0.2) is 4.79 Å². The third kappa shape index (κ3) is 10.7. The molecule has 0 aliphatic heterocycles. The topological polar surface area (TPSA) is 160 Å². The molecule has 0 heterocycles. The molecule has 15 heteroatoms. The van der Waals surface area contributed by atoms with E-state index in [0.29, 0.717) is 11.3 Å². The number of carbonyl (C=O) groups excluding carboxylic acids is 4. The minimum atomic E-state index is -5.24. The van der Waals surface area contributed by atoms with Crippen LogP contribution in [-0.4, -0.2) is 66.6 Å². The van der Waals surface area contributed by atoms with Crippen molar-refractivity contribution in [3.8, 4) is 11.5 Å². The van der Waals surface area contributed by atoms with E-state index in [4.69, 9.17) is 26.2 Å². The zero-order valence-electron chi connectivity index (χ0n) is 26.0. The van der Waals surface area contributed by atoms with Gasteiger partial charge in [-0.2, -0.15) is 13.2 Å². The van der Waals surface area contributed by atoms with Crippen LogP contribution in [0.5, 0.6) is 11.5 Å². The van der Waals surface area contributed by atoms with Crippen LogP contribution in [0.2, 0.25) is 5.02 Å². The van der Waals surface area contributed by atoms with Crippen molar-refractivity contribution in [2.75, 3.05) is 13.7 Å². The van der Waals surface area contributed by atoms with Gasteiger partial charge in [0.2, 0.25) is 11.8 Å². The first-order valence-electron chi connectivity index (χ1n) is 14.4. The molecular weight excluding hydrogens is 659 g/mol. The van der Waals surface area contributed by atoms with E-state index in [0.717, 1.165) is 0 Å². The molecule has 0 bridgehead atoms. The lowest BCUT2D eigenvalue weighted by molar-refractivity contribution is -0.175. The molecule has 4 N–H and O–H groups in total. The molecule has 11 nitrogen and oxygen atoms in total. The second kappa shape index (κ2) is 16.6. The summed E-state index contributed by atoms with van der Waals surface area (Å²) in [6, 6.07) is 12.7. The number of rotatable bonds is 15. The summed E-state index contributed by atoms with van der Waals surface area (Å²) < 4.78 is 50.5. The molecule has 0 radical (unpaired) electrons. The van der Waals surface area contributed by atoms with Gasteiger partial charge in [0, 0.05) is 17.0 Å². The number of carboxylic acid groups (broad SMARTS) is 1. The van der Waals surface area contributed by atoms with Crippen LogP contribution < -0.4 is 25.4 Å². The Morgan fingerprint density at radius 3 is 2.10 bits per heavy atom. The van der Waals surface area contributed by atoms with Crippen molar-refractivity contribution in [2.45, 2.75) is 44.6 Å². The number of amides is 3. The normalized spacial score (nSPS) is 13.1. The number of carbonyl (C=O) groups is 5. The largest absolute Gasteiger partial charge is 0.497 e. The summed E-state index contributed by atoms with van der Waals surface area (Å²) in [5, 5.41) is 16.4. The highest BCUT2D eigenvalue weighted by Gasteiger charge is 2.45. The molecule has 0 saturated heterocycles. The first-order chi connectivity index (χ1) is 22.6. The number of carboxylic acids is 1. The fourth-order valence-corrected chi connectivity index (χ4v) is 4.70. The number of methoxy groups -OCH3 is 1. The minimum Gasteiger partial charge on any atom is -0.497 e. The molecule has 3 rings (SSSR count). The standard InChI is InChI=1S/C33H33ClF3N3O8/c1-18(2)27(29(43)33(35,36)37)39-32(46)28(20-10-12-23(47-3)13-11-20)40-31(45)25(38-30(44)21-7-5-8-22(34)16-21)15-19-6-4-9-24(14-19)48-17-26(41)42/h4-14,16,18,25,27-28H,15,17H2,1-3H3,(H,38,44)(H,39,46)(H,40,45)(H,41,42). The molecule has 0 aliphatic rings. The molecule has 3 atom stereocenters. The summed E-state index contributed by atoms with van der Waals surface area (Å²) >= 11 is 6.03. The van der Waals surface area contributed by atoms with Crippen LogP contribution in [0.1, 0.15) is 41.4 Å². The van der Waals surface area contributed by atoms with Crippen molar-refractivity contribution in [3.05, 3.63) is 94.5 Å². The number of ketones is 1. The number of Topliss-reactive ketones (excluding diaryl/α,β-unsaturated/α-hetero) is 1. The van der Waals surface area contributed by atoms with Gasteiger partial charge in [-0.1, -0.05) is 55.8 Å². The fourth-order valence-electron chi connectivity index (χ4n) is 4.51. The van der Waals surface area contributed by atoms with Gasteiger partial charge in [0.25, 0.3) is 11.7 Å². The highest BCUT2D eigenvalue weighted by Crippen LogP contribution is 2.24. The van der Waals surface area contributed by atoms with Crippen LogP contribution in [0.3, 0.4) is 0 Å². The molecule has 48 heavy (non-hydrogen) atoms. The Morgan fingerprint density at radius 2 is 1.52 bits per heavy atom. The van der Waals surface area contributed by atoms with Crippen molar-refractivity contribution < 1.29 is 51.7 Å². The Kier molecular flexibility index (Phi) is 12.9. The van der Waals surface area contributed by atoms with E-state index in [1.807, 2.05) is 0 Å². The lowest BCUT2D eigenvalue weighted by Crippen LogP contribution is -2.55. The van der Waals surface area contributed by atoms with Gasteiger partial charge in [0.1, 0.15) is 23.6 Å². The van der Waals surface area contributed by atoms with Gasteiger partial charge in [0.15, 0.2) is 6.61 Å². The van der Waals surface area contributed by atoms with E-state index in [1.54, 1.807) is 6.07 Å². The quantitative estimate of drug-likeness (QED) is 0.184. The van der Waals surface area contributed by atoms with Gasteiger partial charge in [-0.05, 0) is 59.5 Å². The maximum Gasteiger partial charge on any atom is 0.452 e. The van der Waals surface area contributed by atoms with Gasteiger partial charge in [0.05, 0.1) is 13.2 Å². The minimum absolute atomic E-state index is 0.105. The van der Waals surface area contributed by atoms with Crippen LogP contribution in [0, 0.1) is 5.92 Å². The average molecular weight is 692 g/mol. The van der Waals surface area contributed by atoms with Gasteiger partial charge < -0.3 is 30.5 Å². The molecule has 256 valence electrons. The van der Waals surface area contributed by atoms with Crippen molar-refractivity contribution in [2.24, 2.45) is 5.92 Å². The highest BCUT2D eigenvalue weighted by atomic mass is 35.5. The van der Waals surface area contributed by atoms with E-state index in [2.05, 4.69) is 16.0 Å². The van der Waals surface area contributed by atoms with Crippen LogP contribution in [0.4, 0.5) is 13.2 Å². The van der Waals surface area contributed by atoms with Crippen molar-refractivity contribution >= 4 is 41.1 Å². The average Bonchev–Trinajstić information content (AvgIpc) is 3.04. The number of nitrogens with one attached hydrogen (secondary N) is 3. The maximum atomic E-state index is 13.9. The number of aliphatic carboxylic acids is 1. The number of hydrogen-bond donors (Lipinski definition) is 4. The maximum absolute atomic E-state index is 13.9.